The number of carbonyl (C=O) groups is 1. The number of carbonyl (C=O) groups excluding carboxylic acids is 1. The smallest absolute Gasteiger partial charge is 0.310 e. The molecule has 0 saturated heterocycles. The van der Waals surface area contributed by atoms with E-state index >= 15 is 0 Å². The largest absolute Gasteiger partial charge is 0.466 e. The summed E-state index contributed by atoms with van der Waals surface area (Å²) in [5, 5.41) is 0. The van der Waals surface area contributed by atoms with Crippen LogP contribution in [0.2, 0.25) is 0 Å². The lowest BCUT2D eigenvalue weighted by atomic mass is 9.99. The lowest BCUT2D eigenvalue weighted by molar-refractivity contribution is -0.148. The van der Waals surface area contributed by atoms with Gasteiger partial charge in [-0.15, -0.1) is 0 Å². The molecule has 0 fully saturated rings. The highest BCUT2D eigenvalue weighted by Gasteiger charge is 2.19. The Balaban J connectivity index is 3.71. The molecule has 1 atom stereocenters. The minimum Gasteiger partial charge on any atom is -0.466 e. The van der Waals surface area contributed by atoms with E-state index in [9.17, 15) is 4.79 Å². The van der Waals surface area contributed by atoms with Crippen molar-refractivity contribution in [3.8, 4) is 0 Å². The van der Waals surface area contributed by atoms with Crippen LogP contribution in [0.4, 0.5) is 0 Å². The molecule has 120 valence electrons. The molecule has 0 heterocycles. The first-order valence-electron chi connectivity index (χ1n) is 8.43. The zero-order chi connectivity index (χ0) is 15.2. The molecule has 1 unspecified atom stereocenters. The lowest BCUT2D eigenvalue weighted by Gasteiger charge is -2.19. The second-order valence-corrected chi connectivity index (χ2v) is 5.97. The first kappa shape index (κ1) is 19.4. The van der Waals surface area contributed by atoms with Gasteiger partial charge in [-0.25, -0.2) is 0 Å². The van der Waals surface area contributed by atoms with Crippen molar-refractivity contribution in [3.63, 3.8) is 0 Å². The van der Waals surface area contributed by atoms with Crippen molar-refractivity contribution in [2.45, 2.75) is 71.6 Å². The number of ether oxygens (including phenoxy) is 1. The van der Waals surface area contributed by atoms with Crippen LogP contribution in [0.5, 0.6) is 0 Å². The number of hydrogen-bond acceptors (Lipinski definition) is 3. The highest BCUT2D eigenvalue weighted by atomic mass is 16.5. The molecule has 0 N–H and O–H groups in total. The average molecular weight is 285 g/mol. The number of unbranched alkanes of at least 4 members (excludes halogenated alkanes) is 7. The molecule has 0 radical (unpaired) electrons. The van der Waals surface area contributed by atoms with Gasteiger partial charge in [0, 0.05) is 6.54 Å². The molecule has 3 nitrogen and oxygen atoms in total. The van der Waals surface area contributed by atoms with Gasteiger partial charge in [-0.1, -0.05) is 58.3 Å². The minimum absolute atomic E-state index is 0.0239. The fourth-order valence-corrected chi connectivity index (χ4v) is 2.51. The van der Waals surface area contributed by atoms with E-state index in [2.05, 4.69) is 11.8 Å². The van der Waals surface area contributed by atoms with Crippen LogP contribution >= 0.6 is 0 Å². The quantitative estimate of drug-likeness (QED) is 0.374. The lowest BCUT2D eigenvalue weighted by Crippen LogP contribution is -2.29. The molecule has 0 bridgehead atoms. The van der Waals surface area contributed by atoms with Gasteiger partial charge in [0.1, 0.15) is 0 Å². The Labute approximate surface area is 126 Å². The summed E-state index contributed by atoms with van der Waals surface area (Å²) in [6.07, 6.45) is 11.4. The molecule has 20 heavy (non-hydrogen) atoms. The van der Waals surface area contributed by atoms with Crippen molar-refractivity contribution >= 4 is 5.97 Å². The summed E-state index contributed by atoms with van der Waals surface area (Å²) < 4.78 is 5.16. The van der Waals surface area contributed by atoms with E-state index in [4.69, 9.17) is 4.74 Å². The second-order valence-electron chi connectivity index (χ2n) is 5.97. The fraction of sp³-hybridized carbons (Fsp3) is 0.941. The maximum absolute atomic E-state index is 11.9. The topological polar surface area (TPSA) is 29.5 Å². The Morgan fingerprint density at radius 3 is 2.00 bits per heavy atom. The number of rotatable bonds is 13. The highest BCUT2D eigenvalue weighted by molar-refractivity contribution is 5.72. The summed E-state index contributed by atoms with van der Waals surface area (Å²) in [5.41, 5.74) is 0. The maximum Gasteiger partial charge on any atom is 0.310 e. The third-order valence-corrected chi connectivity index (χ3v) is 3.61. The molecule has 0 aliphatic carbocycles. The van der Waals surface area contributed by atoms with Gasteiger partial charge < -0.3 is 9.64 Å². The van der Waals surface area contributed by atoms with Gasteiger partial charge in [0.05, 0.1) is 12.5 Å². The van der Waals surface area contributed by atoms with Crippen LogP contribution in [0, 0.1) is 5.92 Å². The van der Waals surface area contributed by atoms with Gasteiger partial charge in [-0.05, 0) is 27.4 Å². The monoisotopic (exact) mass is 285 g/mol. The average Bonchev–Trinajstić information content (AvgIpc) is 2.40. The van der Waals surface area contributed by atoms with E-state index in [0.717, 1.165) is 19.4 Å². The predicted octanol–water partition coefficient (Wildman–Crippen LogP) is 4.26. The summed E-state index contributed by atoms with van der Waals surface area (Å²) in [5.74, 6) is 0.0224. The summed E-state index contributed by atoms with van der Waals surface area (Å²) >= 11 is 0. The normalized spacial score (nSPS) is 12.7. The Bertz CT molecular complexity index is 229. The maximum atomic E-state index is 11.9. The summed E-state index contributed by atoms with van der Waals surface area (Å²) in [7, 11) is 4.03. The SMILES string of the molecule is CCCCCCCCCCC(CN(C)C)C(=O)OCC. The first-order valence-corrected chi connectivity index (χ1v) is 8.43. The van der Waals surface area contributed by atoms with Crippen LogP contribution in [-0.2, 0) is 9.53 Å². The van der Waals surface area contributed by atoms with Gasteiger partial charge in [-0.3, -0.25) is 4.79 Å². The zero-order valence-electron chi connectivity index (χ0n) is 14.1. The number of esters is 1. The van der Waals surface area contributed by atoms with Crippen LogP contribution in [-0.4, -0.2) is 38.1 Å². The summed E-state index contributed by atoms with van der Waals surface area (Å²) in [6, 6.07) is 0. The zero-order valence-corrected chi connectivity index (χ0v) is 14.1. The molecule has 0 rings (SSSR count). The van der Waals surface area contributed by atoms with Crippen molar-refractivity contribution < 1.29 is 9.53 Å². The van der Waals surface area contributed by atoms with E-state index in [1.54, 1.807) is 0 Å². The van der Waals surface area contributed by atoms with Crippen molar-refractivity contribution in [1.29, 1.82) is 0 Å². The third-order valence-electron chi connectivity index (χ3n) is 3.61. The van der Waals surface area contributed by atoms with Gasteiger partial charge in [0.15, 0.2) is 0 Å². The summed E-state index contributed by atoms with van der Waals surface area (Å²) in [6.45, 7) is 5.41. The fourth-order valence-electron chi connectivity index (χ4n) is 2.51. The third kappa shape index (κ3) is 11.3. The minimum atomic E-state index is -0.0239. The Morgan fingerprint density at radius 2 is 1.50 bits per heavy atom. The molecule has 0 aliphatic rings. The van der Waals surface area contributed by atoms with Crippen molar-refractivity contribution in [3.05, 3.63) is 0 Å². The van der Waals surface area contributed by atoms with Crippen LogP contribution in [0.25, 0.3) is 0 Å². The van der Waals surface area contributed by atoms with Gasteiger partial charge in [0.25, 0.3) is 0 Å². The standard InChI is InChI=1S/C17H35NO2/c1-5-7-8-9-10-11-12-13-14-16(15-18(3)4)17(19)20-6-2/h16H,5-15H2,1-4H3. The molecule has 0 aromatic carbocycles. The molecule has 0 aromatic heterocycles. The molecule has 0 saturated carbocycles. The van der Waals surface area contributed by atoms with Crippen LogP contribution in [0.15, 0.2) is 0 Å². The molecule has 0 aromatic rings. The summed E-state index contributed by atoms with van der Waals surface area (Å²) in [4.78, 5) is 13.9. The molecule has 0 amide bonds. The second kappa shape index (κ2) is 13.4. The van der Waals surface area contributed by atoms with Gasteiger partial charge in [0.2, 0.25) is 0 Å². The van der Waals surface area contributed by atoms with Crippen LogP contribution in [0.3, 0.4) is 0 Å². The number of nitrogens with zero attached hydrogens (tertiary/aromatic N) is 1. The van der Waals surface area contributed by atoms with E-state index in [1.807, 2.05) is 21.0 Å². The molecule has 0 aliphatic heterocycles. The highest BCUT2D eigenvalue weighted by Crippen LogP contribution is 2.15. The molecular formula is C17H35NO2. The predicted molar refractivity (Wildman–Crippen MR) is 85.9 cm³/mol. The van der Waals surface area contributed by atoms with E-state index in [0.29, 0.717) is 6.61 Å². The van der Waals surface area contributed by atoms with Crippen LogP contribution in [0.1, 0.15) is 71.6 Å². The Morgan fingerprint density at radius 1 is 0.950 bits per heavy atom. The van der Waals surface area contributed by atoms with E-state index < -0.39 is 0 Å². The van der Waals surface area contributed by atoms with Crippen LogP contribution < -0.4 is 0 Å². The van der Waals surface area contributed by atoms with Crippen molar-refractivity contribution in [1.82, 2.24) is 4.90 Å². The van der Waals surface area contributed by atoms with Crippen molar-refractivity contribution in [2.75, 3.05) is 27.2 Å². The number of hydrogen-bond donors (Lipinski definition) is 0. The van der Waals surface area contributed by atoms with Gasteiger partial charge in [-0.2, -0.15) is 0 Å². The molecule has 3 heteroatoms. The van der Waals surface area contributed by atoms with E-state index in [-0.39, 0.29) is 11.9 Å². The molecule has 0 spiro atoms. The first-order chi connectivity index (χ1) is 9.61. The van der Waals surface area contributed by atoms with E-state index in [1.165, 1.54) is 44.9 Å². The Kier molecular flexibility index (Phi) is 13.0. The Hall–Kier alpha value is -0.570. The van der Waals surface area contributed by atoms with Crippen molar-refractivity contribution in [2.24, 2.45) is 5.92 Å². The van der Waals surface area contributed by atoms with Gasteiger partial charge >= 0.3 is 5.97 Å². The molecular weight excluding hydrogens is 250 g/mol.